The van der Waals surface area contributed by atoms with Crippen LogP contribution in [-0.4, -0.2) is 33.5 Å². The fraction of sp³-hybridized carbons (Fsp3) is 0.273. The summed E-state index contributed by atoms with van der Waals surface area (Å²) >= 11 is 0. The first-order valence-electron chi connectivity index (χ1n) is 8.92. The van der Waals surface area contributed by atoms with Crippen molar-refractivity contribution in [1.29, 1.82) is 0 Å². The monoisotopic (exact) mass is 348 g/mol. The fourth-order valence-corrected chi connectivity index (χ4v) is 3.71. The number of hydrogen-bond acceptors (Lipinski definition) is 3. The van der Waals surface area contributed by atoms with Gasteiger partial charge in [0.25, 0.3) is 0 Å². The van der Waals surface area contributed by atoms with Gasteiger partial charge in [0.1, 0.15) is 0 Å². The maximum Gasteiger partial charge on any atom is 0.0633 e. The van der Waals surface area contributed by atoms with Gasteiger partial charge in [-0.1, -0.05) is 42.5 Å². The van der Waals surface area contributed by atoms with Gasteiger partial charge in [-0.25, -0.2) is 0 Å². The summed E-state index contributed by atoms with van der Waals surface area (Å²) in [6.07, 6.45) is 0. The molecular weight excluding hydrogens is 324 g/mol. The molecule has 4 nitrogen and oxygen atoms in total. The molecule has 0 fully saturated rings. The number of aliphatic hydroxyl groups is 2. The number of rotatable bonds is 5. The van der Waals surface area contributed by atoms with Gasteiger partial charge in [-0.2, -0.15) is 0 Å². The van der Waals surface area contributed by atoms with E-state index in [4.69, 9.17) is 0 Å². The quantitative estimate of drug-likeness (QED) is 0.519. The average molecular weight is 348 g/mol. The third-order valence-corrected chi connectivity index (χ3v) is 5.41. The summed E-state index contributed by atoms with van der Waals surface area (Å²) in [5, 5.41) is 27.4. The Hall–Kier alpha value is -2.40. The van der Waals surface area contributed by atoms with Gasteiger partial charge in [-0.05, 0) is 35.4 Å². The number of para-hydroxylation sites is 1. The second-order valence-electron chi connectivity index (χ2n) is 7.28. The predicted octanol–water partition coefficient (Wildman–Crippen LogP) is 3.32. The molecular formula is C22H24N2O2. The van der Waals surface area contributed by atoms with Gasteiger partial charge in [-0.3, -0.25) is 0 Å². The van der Waals surface area contributed by atoms with Gasteiger partial charge in [0.2, 0.25) is 0 Å². The number of nitrogens with zero attached hydrogens (tertiary/aromatic N) is 1. The van der Waals surface area contributed by atoms with Gasteiger partial charge in [-0.15, -0.1) is 0 Å². The van der Waals surface area contributed by atoms with Crippen molar-refractivity contribution in [3.63, 3.8) is 0 Å². The zero-order chi connectivity index (χ0) is 18.3. The standard InChI is InChI=1S/C22H24N2O2/c1-22(13-25,14-26)23-12-15-11-20-21(17-8-4-3-7-16(15)17)18-9-5-6-10-19(18)24(20)2/h3-11,23,25-26H,12-14H2,1-2H3. The molecule has 0 unspecified atom stereocenters. The summed E-state index contributed by atoms with van der Waals surface area (Å²) < 4.78 is 2.23. The third-order valence-electron chi connectivity index (χ3n) is 5.41. The van der Waals surface area contributed by atoms with Crippen molar-refractivity contribution in [3.8, 4) is 0 Å². The van der Waals surface area contributed by atoms with Crippen molar-refractivity contribution < 1.29 is 10.2 Å². The van der Waals surface area contributed by atoms with Crippen LogP contribution in [0.1, 0.15) is 12.5 Å². The molecule has 4 rings (SSSR count). The number of aromatic nitrogens is 1. The van der Waals surface area contributed by atoms with Gasteiger partial charge in [0, 0.05) is 35.4 Å². The van der Waals surface area contributed by atoms with Gasteiger partial charge < -0.3 is 20.1 Å². The topological polar surface area (TPSA) is 57.4 Å². The summed E-state index contributed by atoms with van der Waals surface area (Å²) in [6.45, 7) is 2.18. The first kappa shape index (κ1) is 17.0. The van der Waals surface area contributed by atoms with Crippen LogP contribution >= 0.6 is 0 Å². The van der Waals surface area contributed by atoms with Crippen molar-refractivity contribution in [2.75, 3.05) is 13.2 Å². The fourth-order valence-electron chi connectivity index (χ4n) is 3.71. The Kier molecular flexibility index (Phi) is 4.19. The van der Waals surface area contributed by atoms with Crippen LogP contribution in [0.4, 0.5) is 0 Å². The molecule has 0 bridgehead atoms. The summed E-state index contributed by atoms with van der Waals surface area (Å²) in [7, 11) is 2.10. The summed E-state index contributed by atoms with van der Waals surface area (Å²) in [6, 6.07) is 19.1. The molecule has 0 aliphatic rings. The molecule has 0 aliphatic heterocycles. The minimum atomic E-state index is -0.699. The van der Waals surface area contributed by atoms with E-state index in [-0.39, 0.29) is 13.2 Å². The Labute approximate surface area is 152 Å². The van der Waals surface area contributed by atoms with E-state index in [1.165, 1.54) is 32.6 Å². The Morgan fingerprint density at radius 1 is 0.885 bits per heavy atom. The Balaban J connectivity index is 1.96. The second-order valence-corrected chi connectivity index (χ2v) is 7.28. The van der Waals surface area contributed by atoms with Gasteiger partial charge in [0.05, 0.1) is 18.8 Å². The minimum Gasteiger partial charge on any atom is -0.394 e. The van der Waals surface area contributed by atoms with Crippen molar-refractivity contribution in [1.82, 2.24) is 9.88 Å². The smallest absolute Gasteiger partial charge is 0.0633 e. The molecule has 3 aromatic carbocycles. The molecule has 0 aliphatic carbocycles. The lowest BCUT2D eigenvalue weighted by atomic mass is 9.98. The lowest BCUT2D eigenvalue weighted by Gasteiger charge is -2.26. The molecule has 1 heterocycles. The van der Waals surface area contributed by atoms with E-state index in [1.807, 2.05) is 6.92 Å². The molecule has 0 saturated carbocycles. The number of fused-ring (bicyclic) bond motifs is 5. The first-order valence-corrected chi connectivity index (χ1v) is 8.92. The molecule has 0 spiro atoms. The lowest BCUT2D eigenvalue weighted by Crippen LogP contribution is -2.48. The maximum atomic E-state index is 9.56. The van der Waals surface area contributed by atoms with E-state index in [9.17, 15) is 10.2 Å². The normalized spacial score (nSPS) is 12.5. The highest BCUT2D eigenvalue weighted by atomic mass is 16.3. The Bertz CT molecular complexity index is 1090. The van der Waals surface area contributed by atoms with Crippen LogP contribution in [0, 0.1) is 0 Å². The number of aliphatic hydroxyl groups excluding tert-OH is 2. The van der Waals surface area contributed by atoms with E-state index in [2.05, 4.69) is 71.5 Å². The molecule has 0 radical (unpaired) electrons. The van der Waals surface area contributed by atoms with Gasteiger partial charge >= 0.3 is 0 Å². The molecule has 4 heteroatoms. The van der Waals surface area contributed by atoms with Crippen LogP contribution in [0.2, 0.25) is 0 Å². The highest BCUT2D eigenvalue weighted by molar-refractivity contribution is 6.21. The van der Waals surface area contributed by atoms with Crippen molar-refractivity contribution in [2.45, 2.75) is 19.0 Å². The van der Waals surface area contributed by atoms with Crippen molar-refractivity contribution >= 4 is 32.6 Å². The summed E-state index contributed by atoms with van der Waals surface area (Å²) in [5.41, 5.74) is 2.87. The molecule has 26 heavy (non-hydrogen) atoms. The molecule has 4 aromatic rings. The number of hydrogen-bond donors (Lipinski definition) is 3. The Morgan fingerprint density at radius 2 is 1.50 bits per heavy atom. The molecule has 0 atom stereocenters. The van der Waals surface area contributed by atoms with Crippen molar-refractivity contribution in [2.24, 2.45) is 7.05 Å². The maximum absolute atomic E-state index is 9.56. The summed E-state index contributed by atoms with van der Waals surface area (Å²) in [4.78, 5) is 0. The average Bonchev–Trinajstić information content (AvgIpc) is 2.98. The largest absolute Gasteiger partial charge is 0.394 e. The SMILES string of the molecule is Cn1c2ccccc2c2c3ccccc3c(CNC(C)(CO)CO)cc21. The number of benzene rings is 3. The highest BCUT2D eigenvalue weighted by Gasteiger charge is 2.22. The van der Waals surface area contributed by atoms with Crippen LogP contribution < -0.4 is 5.32 Å². The Morgan fingerprint density at radius 3 is 2.19 bits per heavy atom. The number of aryl methyl sites for hydroxylation is 1. The zero-order valence-electron chi connectivity index (χ0n) is 15.2. The van der Waals surface area contributed by atoms with Crippen LogP contribution in [0.3, 0.4) is 0 Å². The minimum absolute atomic E-state index is 0.113. The molecule has 1 aromatic heterocycles. The highest BCUT2D eigenvalue weighted by Crippen LogP contribution is 2.36. The molecule has 0 saturated heterocycles. The van der Waals surface area contributed by atoms with E-state index in [1.54, 1.807) is 0 Å². The first-order chi connectivity index (χ1) is 12.6. The number of nitrogens with one attached hydrogen (secondary N) is 1. The van der Waals surface area contributed by atoms with Crippen molar-refractivity contribution in [3.05, 3.63) is 60.2 Å². The van der Waals surface area contributed by atoms with Crippen LogP contribution in [-0.2, 0) is 13.6 Å². The van der Waals surface area contributed by atoms with Gasteiger partial charge in [0.15, 0.2) is 0 Å². The summed E-state index contributed by atoms with van der Waals surface area (Å²) in [5.74, 6) is 0. The predicted molar refractivity (Wildman–Crippen MR) is 107 cm³/mol. The van der Waals surface area contributed by atoms with Crippen LogP contribution in [0.25, 0.3) is 32.6 Å². The second kappa shape index (κ2) is 6.40. The zero-order valence-corrected chi connectivity index (χ0v) is 15.2. The lowest BCUT2D eigenvalue weighted by molar-refractivity contribution is 0.103. The van der Waals surface area contributed by atoms with E-state index >= 15 is 0 Å². The third kappa shape index (κ3) is 2.58. The van der Waals surface area contributed by atoms with Crippen LogP contribution in [0.15, 0.2) is 54.6 Å². The molecule has 3 N–H and O–H groups in total. The molecule has 134 valence electrons. The van der Waals surface area contributed by atoms with Crippen LogP contribution in [0.5, 0.6) is 0 Å². The van der Waals surface area contributed by atoms with E-state index < -0.39 is 5.54 Å². The molecule has 0 amide bonds. The van der Waals surface area contributed by atoms with E-state index in [0.29, 0.717) is 6.54 Å². The van der Waals surface area contributed by atoms with E-state index in [0.717, 1.165) is 5.56 Å².